The highest BCUT2D eigenvalue weighted by Gasteiger charge is 2.12. The quantitative estimate of drug-likeness (QED) is 0.564. The second kappa shape index (κ2) is 7.20. The minimum absolute atomic E-state index is 0.162. The standard InChI is InChI=1S/C23H27N3/c1-23(2,3)18-8-10-19(11-9-18)24-17-22-7-6-16-26(22)21-14-12-20(13-15-21)25(4)5/h6-17H,1-5H3. The summed E-state index contributed by atoms with van der Waals surface area (Å²) in [5.41, 5.74) is 5.83. The predicted molar refractivity (Wildman–Crippen MR) is 112 cm³/mol. The van der Waals surface area contributed by atoms with E-state index < -0.39 is 0 Å². The van der Waals surface area contributed by atoms with Gasteiger partial charge in [0.2, 0.25) is 0 Å². The zero-order valence-corrected chi connectivity index (χ0v) is 16.3. The lowest BCUT2D eigenvalue weighted by atomic mass is 9.87. The maximum absolute atomic E-state index is 4.65. The Balaban J connectivity index is 1.81. The second-order valence-corrected chi connectivity index (χ2v) is 7.77. The summed E-state index contributed by atoms with van der Waals surface area (Å²) in [6, 6.07) is 21.1. The van der Waals surface area contributed by atoms with E-state index in [1.165, 1.54) is 11.3 Å². The maximum atomic E-state index is 4.65. The predicted octanol–water partition coefficient (Wildman–Crippen LogP) is 5.59. The molecule has 0 unspecified atom stereocenters. The molecule has 0 amide bonds. The van der Waals surface area contributed by atoms with E-state index in [-0.39, 0.29) is 5.41 Å². The number of anilines is 1. The van der Waals surface area contributed by atoms with Crippen molar-refractivity contribution < 1.29 is 0 Å². The SMILES string of the molecule is CN(C)c1ccc(-n2cccc2C=Nc2ccc(C(C)(C)C)cc2)cc1. The van der Waals surface area contributed by atoms with Crippen molar-refractivity contribution in [2.24, 2.45) is 4.99 Å². The topological polar surface area (TPSA) is 20.5 Å². The van der Waals surface area contributed by atoms with Gasteiger partial charge in [0, 0.05) is 31.7 Å². The number of hydrogen-bond acceptors (Lipinski definition) is 2. The molecule has 3 nitrogen and oxygen atoms in total. The molecule has 0 aliphatic carbocycles. The molecule has 1 heterocycles. The fraction of sp³-hybridized carbons (Fsp3) is 0.261. The molecule has 1 aromatic heterocycles. The van der Waals surface area contributed by atoms with E-state index >= 15 is 0 Å². The van der Waals surface area contributed by atoms with Gasteiger partial charge in [0.05, 0.1) is 17.6 Å². The van der Waals surface area contributed by atoms with Gasteiger partial charge in [0.25, 0.3) is 0 Å². The molecule has 0 fully saturated rings. The highest BCUT2D eigenvalue weighted by molar-refractivity contribution is 5.81. The molecule has 0 radical (unpaired) electrons. The van der Waals surface area contributed by atoms with Crippen LogP contribution in [0.5, 0.6) is 0 Å². The lowest BCUT2D eigenvalue weighted by molar-refractivity contribution is 0.590. The van der Waals surface area contributed by atoms with Crippen molar-refractivity contribution in [2.75, 3.05) is 19.0 Å². The molecule has 26 heavy (non-hydrogen) atoms. The normalized spacial score (nSPS) is 11.9. The number of benzene rings is 2. The Hall–Kier alpha value is -2.81. The number of aliphatic imine (C=N–C) groups is 1. The molecule has 0 bridgehead atoms. The molecule has 0 atom stereocenters. The average Bonchev–Trinajstić information content (AvgIpc) is 3.08. The van der Waals surface area contributed by atoms with Crippen molar-refractivity contribution in [3.05, 3.63) is 78.1 Å². The molecule has 0 saturated heterocycles. The molecule has 2 aromatic carbocycles. The Morgan fingerprint density at radius 2 is 1.54 bits per heavy atom. The first-order chi connectivity index (χ1) is 12.3. The van der Waals surface area contributed by atoms with E-state index in [4.69, 9.17) is 0 Å². The monoisotopic (exact) mass is 345 g/mol. The summed E-state index contributed by atoms with van der Waals surface area (Å²) in [6.45, 7) is 6.67. The molecule has 0 N–H and O–H groups in total. The van der Waals surface area contributed by atoms with Crippen molar-refractivity contribution in [3.8, 4) is 5.69 Å². The van der Waals surface area contributed by atoms with Crippen molar-refractivity contribution in [3.63, 3.8) is 0 Å². The highest BCUT2D eigenvalue weighted by atomic mass is 15.1. The summed E-state index contributed by atoms with van der Waals surface area (Å²) in [6.07, 6.45) is 3.99. The smallest absolute Gasteiger partial charge is 0.0639 e. The summed E-state index contributed by atoms with van der Waals surface area (Å²) in [5, 5.41) is 0. The van der Waals surface area contributed by atoms with Crippen LogP contribution in [0.3, 0.4) is 0 Å². The van der Waals surface area contributed by atoms with Gasteiger partial charge in [0.1, 0.15) is 0 Å². The van der Waals surface area contributed by atoms with Crippen LogP contribution in [-0.4, -0.2) is 24.9 Å². The van der Waals surface area contributed by atoms with E-state index in [1.807, 2.05) is 26.4 Å². The molecule has 0 saturated carbocycles. The molecule has 0 aliphatic heterocycles. The third-order valence-corrected chi connectivity index (χ3v) is 4.50. The Morgan fingerprint density at radius 3 is 2.12 bits per heavy atom. The van der Waals surface area contributed by atoms with Crippen LogP contribution in [0.2, 0.25) is 0 Å². The molecule has 0 spiro atoms. The zero-order chi connectivity index (χ0) is 18.7. The van der Waals surface area contributed by atoms with Crippen molar-refractivity contribution in [1.29, 1.82) is 0 Å². The Morgan fingerprint density at radius 1 is 0.885 bits per heavy atom. The van der Waals surface area contributed by atoms with Gasteiger partial charge in [-0.1, -0.05) is 32.9 Å². The average molecular weight is 345 g/mol. The van der Waals surface area contributed by atoms with E-state index in [2.05, 4.69) is 96.0 Å². The van der Waals surface area contributed by atoms with Crippen LogP contribution < -0.4 is 4.90 Å². The summed E-state index contributed by atoms with van der Waals surface area (Å²) in [7, 11) is 4.10. The summed E-state index contributed by atoms with van der Waals surface area (Å²) in [5.74, 6) is 0. The highest BCUT2D eigenvalue weighted by Crippen LogP contribution is 2.24. The van der Waals surface area contributed by atoms with Crippen LogP contribution >= 0.6 is 0 Å². The third-order valence-electron chi connectivity index (χ3n) is 4.50. The van der Waals surface area contributed by atoms with Crippen LogP contribution in [0.4, 0.5) is 11.4 Å². The van der Waals surface area contributed by atoms with Crippen LogP contribution in [0, 0.1) is 0 Å². The molecule has 0 aliphatic rings. The molecular weight excluding hydrogens is 318 g/mol. The van der Waals surface area contributed by atoms with Crippen LogP contribution in [0.15, 0.2) is 71.9 Å². The minimum atomic E-state index is 0.162. The van der Waals surface area contributed by atoms with E-state index in [0.29, 0.717) is 0 Å². The first-order valence-corrected chi connectivity index (χ1v) is 8.94. The fourth-order valence-electron chi connectivity index (χ4n) is 2.83. The van der Waals surface area contributed by atoms with Gasteiger partial charge in [-0.3, -0.25) is 4.99 Å². The maximum Gasteiger partial charge on any atom is 0.0639 e. The third kappa shape index (κ3) is 4.05. The lowest BCUT2D eigenvalue weighted by Crippen LogP contribution is -2.10. The molecular formula is C23H27N3. The van der Waals surface area contributed by atoms with Gasteiger partial charge in [-0.2, -0.15) is 0 Å². The summed E-state index contributed by atoms with van der Waals surface area (Å²) < 4.78 is 2.15. The van der Waals surface area contributed by atoms with Crippen LogP contribution in [-0.2, 0) is 5.41 Å². The molecule has 3 heteroatoms. The summed E-state index contributed by atoms with van der Waals surface area (Å²) >= 11 is 0. The lowest BCUT2D eigenvalue weighted by Gasteiger charge is -2.18. The van der Waals surface area contributed by atoms with Crippen LogP contribution in [0.1, 0.15) is 32.0 Å². The van der Waals surface area contributed by atoms with Gasteiger partial charge in [-0.05, 0) is 59.5 Å². The molecule has 3 rings (SSSR count). The minimum Gasteiger partial charge on any atom is -0.378 e. The van der Waals surface area contributed by atoms with Crippen molar-refractivity contribution in [1.82, 2.24) is 4.57 Å². The first-order valence-electron chi connectivity index (χ1n) is 8.94. The number of hydrogen-bond donors (Lipinski definition) is 0. The second-order valence-electron chi connectivity index (χ2n) is 7.77. The van der Waals surface area contributed by atoms with E-state index in [9.17, 15) is 0 Å². The molecule has 134 valence electrons. The Kier molecular flexibility index (Phi) is 4.99. The van der Waals surface area contributed by atoms with Gasteiger partial charge >= 0.3 is 0 Å². The van der Waals surface area contributed by atoms with Gasteiger partial charge in [-0.15, -0.1) is 0 Å². The van der Waals surface area contributed by atoms with Crippen LogP contribution in [0.25, 0.3) is 5.69 Å². The fourth-order valence-corrected chi connectivity index (χ4v) is 2.83. The number of nitrogens with zero attached hydrogens (tertiary/aromatic N) is 3. The summed E-state index contributed by atoms with van der Waals surface area (Å²) in [4.78, 5) is 6.75. The van der Waals surface area contributed by atoms with E-state index in [0.717, 1.165) is 17.1 Å². The van der Waals surface area contributed by atoms with Gasteiger partial charge in [-0.25, -0.2) is 0 Å². The first kappa shape index (κ1) is 18.0. The Labute approximate surface area is 156 Å². The number of rotatable bonds is 4. The van der Waals surface area contributed by atoms with E-state index in [1.54, 1.807) is 0 Å². The Bertz CT molecular complexity index is 876. The number of aromatic nitrogens is 1. The van der Waals surface area contributed by atoms with Gasteiger partial charge in [0.15, 0.2) is 0 Å². The van der Waals surface area contributed by atoms with Crippen molar-refractivity contribution in [2.45, 2.75) is 26.2 Å². The largest absolute Gasteiger partial charge is 0.378 e. The van der Waals surface area contributed by atoms with Gasteiger partial charge < -0.3 is 9.47 Å². The zero-order valence-electron chi connectivity index (χ0n) is 16.3. The molecule has 3 aromatic rings. The van der Waals surface area contributed by atoms with Crippen molar-refractivity contribution >= 4 is 17.6 Å².